The molecule has 98 valence electrons. The number of hydrogen-bond acceptors (Lipinski definition) is 4. The zero-order chi connectivity index (χ0) is 13.4. The summed E-state index contributed by atoms with van der Waals surface area (Å²) in [5, 5.41) is 18.5. The minimum absolute atomic E-state index is 0.0513. The average Bonchev–Trinajstić information content (AvgIpc) is 3.15. The predicted molar refractivity (Wildman–Crippen MR) is 71.7 cm³/mol. The fourth-order valence-electron chi connectivity index (χ4n) is 2.18. The van der Waals surface area contributed by atoms with Gasteiger partial charge in [-0.25, -0.2) is 4.68 Å². The van der Waals surface area contributed by atoms with Crippen LogP contribution in [0.3, 0.4) is 0 Å². The Balaban J connectivity index is 2.09. The molecule has 1 aliphatic carbocycles. The van der Waals surface area contributed by atoms with Crippen molar-refractivity contribution in [2.24, 2.45) is 0 Å². The normalized spacial score (nSPS) is 14.4. The molecule has 1 N–H and O–H groups in total. The summed E-state index contributed by atoms with van der Waals surface area (Å²) in [6.07, 6.45) is 4.11. The standard InChI is InChI=1S/C13H14N4O2/c1-14-11-3-2-4-12(13(11)17(18)19)16-8-7-10(15-16)9-5-6-9/h2-4,7-9,14H,5-6H2,1H3. The van der Waals surface area contributed by atoms with E-state index in [9.17, 15) is 10.1 Å². The first kappa shape index (κ1) is 11.7. The summed E-state index contributed by atoms with van der Waals surface area (Å²) < 4.78 is 1.59. The lowest BCUT2D eigenvalue weighted by Crippen LogP contribution is -2.04. The van der Waals surface area contributed by atoms with Crippen LogP contribution < -0.4 is 5.32 Å². The molecule has 1 fully saturated rings. The predicted octanol–water partition coefficient (Wildman–Crippen LogP) is 2.70. The fraction of sp³-hybridized carbons (Fsp3) is 0.308. The molecule has 1 saturated carbocycles. The maximum atomic E-state index is 11.3. The van der Waals surface area contributed by atoms with Crippen LogP contribution in [0.15, 0.2) is 30.5 Å². The van der Waals surface area contributed by atoms with Gasteiger partial charge >= 0.3 is 5.69 Å². The van der Waals surface area contributed by atoms with E-state index in [0.717, 1.165) is 18.5 Å². The van der Waals surface area contributed by atoms with Crippen LogP contribution in [0.2, 0.25) is 0 Å². The molecule has 19 heavy (non-hydrogen) atoms. The van der Waals surface area contributed by atoms with Gasteiger partial charge in [0.15, 0.2) is 0 Å². The van der Waals surface area contributed by atoms with Crippen LogP contribution in [0.4, 0.5) is 11.4 Å². The quantitative estimate of drug-likeness (QED) is 0.676. The highest BCUT2D eigenvalue weighted by atomic mass is 16.6. The molecule has 1 heterocycles. The van der Waals surface area contributed by atoms with Crippen LogP contribution in [-0.4, -0.2) is 21.8 Å². The molecule has 0 amide bonds. The van der Waals surface area contributed by atoms with Gasteiger partial charge in [-0.15, -0.1) is 0 Å². The summed E-state index contributed by atoms with van der Waals surface area (Å²) in [4.78, 5) is 10.9. The van der Waals surface area contributed by atoms with Gasteiger partial charge in [0.25, 0.3) is 0 Å². The second-order valence-corrected chi connectivity index (χ2v) is 4.64. The number of anilines is 1. The minimum Gasteiger partial charge on any atom is -0.382 e. The van der Waals surface area contributed by atoms with E-state index in [1.165, 1.54) is 0 Å². The van der Waals surface area contributed by atoms with Crippen molar-refractivity contribution >= 4 is 11.4 Å². The molecule has 0 radical (unpaired) electrons. The molecule has 0 atom stereocenters. The summed E-state index contributed by atoms with van der Waals surface area (Å²) in [6, 6.07) is 7.12. The van der Waals surface area contributed by atoms with E-state index < -0.39 is 0 Å². The fourth-order valence-corrected chi connectivity index (χ4v) is 2.18. The number of nitrogens with one attached hydrogen (secondary N) is 1. The highest BCUT2D eigenvalue weighted by molar-refractivity contribution is 5.70. The first-order valence-electron chi connectivity index (χ1n) is 6.22. The van der Waals surface area contributed by atoms with Gasteiger partial charge in [-0.1, -0.05) is 6.07 Å². The zero-order valence-electron chi connectivity index (χ0n) is 10.5. The van der Waals surface area contributed by atoms with Crippen molar-refractivity contribution in [3.05, 3.63) is 46.3 Å². The van der Waals surface area contributed by atoms with Gasteiger partial charge in [0.05, 0.1) is 10.6 Å². The van der Waals surface area contributed by atoms with Crippen molar-refractivity contribution in [3.8, 4) is 5.69 Å². The lowest BCUT2D eigenvalue weighted by atomic mass is 10.2. The third-order valence-corrected chi connectivity index (χ3v) is 3.32. The van der Waals surface area contributed by atoms with Gasteiger partial charge in [0.2, 0.25) is 0 Å². The summed E-state index contributed by atoms with van der Waals surface area (Å²) in [5.74, 6) is 0.535. The number of aromatic nitrogens is 2. The average molecular weight is 258 g/mol. The van der Waals surface area contributed by atoms with Gasteiger partial charge in [-0.05, 0) is 31.0 Å². The van der Waals surface area contributed by atoms with Crippen molar-refractivity contribution in [1.29, 1.82) is 0 Å². The summed E-state index contributed by atoms with van der Waals surface area (Å²) in [6.45, 7) is 0. The second-order valence-electron chi connectivity index (χ2n) is 4.64. The summed E-state index contributed by atoms with van der Waals surface area (Å²) in [7, 11) is 1.67. The van der Waals surface area contributed by atoms with Crippen molar-refractivity contribution in [2.75, 3.05) is 12.4 Å². The van der Waals surface area contributed by atoms with Crippen LogP contribution in [-0.2, 0) is 0 Å². The zero-order valence-corrected chi connectivity index (χ0v) is 10.5. The molecule has 0 saturated heterocycles. The lowest BCUT2D eigenvalue weighted by molar-refractivity contribution is -0.383. The Labute approximate surface area is 110 Å². The van der Waals surface area contributed by atoms with Gasteiger partial charge in [-0.2, -0.15) is 5.10 Å². The van der Waals surface area contributed by atoms with Crippen molar-refractivity contribution < 1.29 is 4.92 Å². The Morgan fingerprint density at radius 3 is 2.84 bits per heavy atom. The van der Waals surface area contributed by atoms with E-state index in [0.29, 0.717) is 17.3 Å². The number of benzene rings is 1. The minimum atomic E-state index is -0.375. The van der Waals surface area contributed by atoms with Gasteiger partial charge < -0.3 is 5.32 Å². The largest absolute Gasteiger partial charge is 0.382 e. The molecule has 6 nitrogen and oxygen atoms in total. The van der Waals surface area contributed by atoms with Crippen molar-refractivity contribution in [3.63, 3.8) is 0 Å². The second kappa shape index (κ2) is 4.38. The molecule has 0 spiro atoms. The molecular formula is C13H14N4O2. The SMILES string of the molecule is CNc1cccc(-n2ccc(C3CC3)n2)c1[N+](=O)[O-]. The Hall–Kier alpha value is -2.37. The van der Waals surface area contributed by atoms with Crippen LogP contribution in [0.5, 0.6) is 0 Å². The number of nitro groups is 1. The number of rotatable bonds is 4. The monoisotopic (exact) mass is 258 g/mol. The molecule has 6 heteroatoms. The topological polar surface area (TPSA) is 73.0 Å². The maximum Gasteiger partial charge on any atom is 0.317 e. The van der Waals surface area contributed by atoms with E-state index in [-0.39, 0.29) is 10.6 Å². The van der Waals surface area contributed by atoms with Crippen LogP contribution in [0, 0.1) is 10.1 Å². The van der Waals surface area contributed by atoms with E-state index in [1.807, 2.05) is 6.07 Å². The van der Waals surface area contributed by atoms with E-state index in [2.05, 4.69) is 10.4 Å². The highest BCUT2D eigenvalue weighted by Crippen LogP contribution is 2.39. The smallest absolute Gasteiger partial charge is 0.317 e. The van der Waals surface area contributed by atoms with Gasteiger partial charge in [-0.3, -0.25) is 10.1 Å². The Kier molecular flexibility index (Phi) is 2.70. The maximum absolute atomic E-state index is 11.3. The number of nitrogens with zero attached hydrogens (tertiary/aromatic N) is 3. The Morgan fingerprint density at radius 2 is 2.21 bits per heavy atom. The van der Waals surface area contributed by atoms with Crippen molar-refractivity contribution in [1.82, 2.24) is 9.78 Å². The van der Waals surface area contributed by atoms with Crippen molar-refractivity contribution in [2.45, 2.75) is 18.8 Å². The third kappa shape index (κ3) is 2.05. The molecule has 3 rings (SSSR count). The van der Waals surface area contributed by atoms with Gasteiger partial charge in [0, 0.05) is 19.2 Å². The molecule has 0 aliphatic heterocycles. The van der Waals surface area contributed by atoms with Gasteiger partial charge in [0.1, 0.15) is 11.4 Å². The number of nitro benzene ring substituents is 1. The molecule has 0 bridgehead atoms. The van der Waals surface area contributed by atoms with E-state index >= 15 is 0 Å². The first-order chi connectivity index (χ1) is 9.20. The Bertz CT molecular complexity index is 631. The highest BCUT2D eigenvalue weighted by Gasteiger charge is 2.27. The number of hydrogen-bond donors (Lipinski definition) is 1. The third-order valence-electron chi connectivity index (χ3n) is 3.32. The lowest BCUT2D eigenvalue weighted by Gasteiger charge is -2.07. The summed E-state index contributed by atoms with van der Waals surface area (Å²) in [5.41, 5.74) is 2.05. The van der Waals surface area contributed by atoms with E-state index in [1.54, 1.807) is 36.1 Å². The van der Waals surface area contributed by atoms with Crippen LogP contribution in [0.1, 0.15) is 24.5 Å². The molecule has 2 aromatic rings. The molecular weight excluding hydrogens is 244 g/mol. The van der Waals surface area contributed by atoms with Crippen LogP contribution in [0.25, 0.3) is 5.69 Å². The molecule has 0 unspecified atom stereocenters. The molecule has 1 aliphatic rings. The van der Waals surface area contributed by atoms with E-state index in [4.69, 9.17) is 0 Å². The summed E-state index contributed by atoms with van der Waals surface area (Å²) >= 11 is 0. The Morgan fingerprint density at radius 1 is 1.42 bits per heavy atom. The molecule has 1 aromatic heterocycles. The molecule has 1 aromatic carbocycles. The number of para-hydroxylation sites is 1. The van der Waals surface area contributed by atoms with Crippen LogP contribution >= 0.6 is 0 Å². The first-order valence-corrected chi connectivity index (χ1v) is 6.22.